The number of imidazole rings is 1. The molecule has 1 heterocycles. The summed E-state index contributed by atoms with van der Waals surface area (Å²) in [6, 6.07) is 8.12. The number of aromatic amines is 1. The van der Waals surface area contributed by atoms with E-state index in [0.717, 1.165) is 34.4 Å². The minimum atomic E-state index is 0.000836. The molecule has 0 saturated carbocycles. The van der Waals surface area contributed by atoms with E-state index in [2.05, 4.69) is 38.9 Å². The minimum absolute atomic E-state index is 0.000836. The first-order chi connectivity index (χ1) is 8.20. The van der Waals surface area contributed by atoms with Gasteiger partial charge in [0.15, 0.2) is 0 Å². The van der Waals surface area contributed by atoms with Gasteiger partial charge in [-0.05, 0) is 18.6 Å². The summed E-state index contributed by atoms with van der Waals surface area (Å²) in [5.74, 6) is 0.863. The van der Waals surface area contributed by atoms with Crippen LogP contribution in [0.1, 0.15) is 31.6 Å². The van der Waals surface area contributed by atoms with Crippen LogP contribution in [-0.2, 0) is 0 Å². The summed E-state index contributed by atoms with van der Waals surface area (Å²) in [5.41, 5.74) is 8.14. The van der Waals surface area contributed by atoms with Crippen molar-refractivity contribution in [2.45, 2.75) is 25.8 Å². The lowest BCUT2D eigenvalue weighted by Crippen LogP contribution is -2.11. The van der Waals surface area contributed by atoms with Gasteiger partial charge in [-0.1, -0.05) is 41.4 Å². The van der Waals surface area contributed by atoms with E-state index in [0.29, 0.717) is 0 Å². The molecule has 90 valence electrons. The first kappa shape index (κ1) is 12.3. The van der Waals surface area contributed by atoms with Crippen molar-refractivity contribution in [3.05, 3.63) is 40.8 Å². The standard InChI is InChI=1S/C13H16BrN3/c1-2-4-11(15)13-16-8-12(17-13)9-5-3-6-10(14)7-9/h3,5-8,11H,2,4,15H2,1H3,(H,16,17). The topological polar surface area (TPSA) is 54.7 Å². The van der Waals surface area contributed by atoms with Crippen LogP contribution in [0.3, 0.4) is 0 Å². The Bertz CT molecular complexity index is 493. The monoisotopic (exact) mass is 293 g/mol. The molecular formula is C13H16BrN3. The molecule has 0 bridgehead atoms. The molecule has 0 saturated heterocycles. The zero-order valence-electron chi connectivity index (χ0n) is 9.78. The predicted octanol–water partition coefficient (Wildman–Crippen LogP) is 3.64. The molecular weight excluding hydrogens is 278 g/mol. The molecule has 1 aromatic carbocycles. The summed E-state index contributed by atoms with van der Waals surface area (Å²) < 4.78 is 1.06. The van der Waals surface area contributed by atoms with E-state index in [9.17, 15) is 0 Å². The Hall–Kier alpha value is -1.13. The Morgan fingerprint density at radius 1 is 1.47 bits per heavy atom. The van der Waals surface area contributed by atoms with Gasteiger partial charge in [0.1, 0.15) is 5.82 Å². The van der Waals surface area contributed by atoms with Crippen LogP contribution in [0.4, 0.5) is 0 Å². The smallest absolute Gasteiger partial charge is 0.123 e. The molecule has 0 aliphatic carbocycles. The molecule has 0 amide bonds. The molecule has 3 N–H and O–H groups in total. The predicted molar refractivity (Wildman–Crippen MR) is 73.6 cm³/mol. The van der Waals surface area contributed by atoms with Gasteiger partial charge in [-0.3, -0.25) is 0 Å². The third kappa shape index (κ3) is 2.96. The molecule has 2 rings (SSSR count). The number of rotatable bonds is 4. The van der Waals surface area contributed by atoms with E-state index in [1.165, 1.54) is 0 Å². The van der Waals surface area contributed by atoms with Crippen LogP contribution in [0.15, 0.2) is 34.9 Å². The number of hydrogen-bond donors (Lipinski definition) is 2. The molecule has 4 heteroatoms. The van der Waals surface area contributed by atoms with Crippen molar-refractivity contribution >= 4 is 15.9 Å². The highest BCUT2D eigenvalue weighted by Crippen LogP contribution is 2.23. The lowest BCUT2D eigenvalue weighted by atomic mass is 10.1. The first-order valence-electron chi connectivity index (χ1n) is 5.77. The van der Waals surface area contributed by atoms with E-state index in [1.54, 1.807) is 0 Å². The van der Waals surface area contributed by atoms with Gasteiger partial charge in [-0.15, -0.1) is 0 Å². The molecule has 0 spiro atoms. The average molecular weight is 294 g/mol. The number of hydrogen-bond acceptors (Lipinski definition) is 2. The van der Waals surface area contributed by atoms with Crippen molar-refractivity contribution < 1.29 is 0 Å². The number of benzene rings is 1. The van der Waals surface area contributed by atoms with Crippen LogP contribution in [0.2, 0.25) is 0 Å². The van der Waals surface area contributed by atoms with Gasteiger partial charge in [0.25, 0.3) is 0 Å². The number of nitrogens with one attached hydrogen (secondary N) is 1. The third-order valence-electron chi connectivity index (χ3n) is 2.68. The first-order valence-corrected chi connectivity index (χ1v) is 6.56. The van der Waals surface area contributed by atoms with Gasteiger partial charge in [0.2, 0.25) is 0 Å². The molecule has 0 fully saturated rings. The third-order valence-corrected chi connectivity index (χ3v) is 3.18. The molecule has 3 nitrogen and oxygen atoms in total. The number of nitrogens with zero attached hydrogens (tertiary/aromatic N) is 1. The van der Waals surface area contributed by atoms with E-state index < -0.39 is 0 Å². The number of nitrogens with two attached hydrogens (primary N) is 1. The maximum absolute atomic E-state index is 6.02. The van der Waals surface area contributed by atoms with Crippen LogP contribution in [0.25, 0.3) is 11.3 Å². The van der Waals surface area contributed by atoms with Gasteiger partial charge in [0.05, 0.1) is 17.9 Å². The van der Waals surface area contributed by atoms with Crippen molar-refractivity contribution in [3.8, 4) is 11.3 Å². The highest BCUT2D eigenvalue weighted by Gasteiger charge is 2.10. The van der Waals surface area contributed by atoms with Gasteiger partial charge in [0, 0.05) is 10.0 Å². The summed E-state index contributed by atoms with van der Waals surface area (Å²) in [4.78, 5) is 7.63. The van der Waals surface area contributed by atoms with Crippen molar-refractivity contribution in [2.75, 3.05) is 0 Å². The Morgan fingerprint density at radius 2 is 2.29 bits per heavy atom. The fourth-order valence-electron chi connectivity index (χ4n) is 1.78. The second-order valence-electron chi connectivity index (χ2n) is 4.09. The number of aromatic nitrogens is 2. The zero-order chi connectivity index (χ0) is 12.3. The van der Waals surface area contributed by atoms with Crippen molar-refractivity contribution in [1.29, 1.82) is 0 Å². The maximum atomic E-state index is 6.02. The summed E-state index contributed by atoms with van der Waals surface area (Å²) in [7, 11) is 0. The zero-order valence-corrected chi connectivity index (χ0v) is 11.4. The highest BCUT2D eigenvalue weighted by molar-refractivity contribution is 9.10. The largest absolute Gasteiger partial charge is 0.341 e. The Morgan fingerprint density at radius 3 is 3.00 bits per heavy atom. The van der Waals surface area contributed by atoms with Gasteiger partial charge in [-0.25, -0.2) is 4.98 Å². The molecule has 17 heavy (non-hydrogen) atoms. The van der Waals surface area contributed by atoms with Crippen LogP contribution >= 0.6 is 15.9 Å². The molecule has 1 atom stereocenters. The molecule has 1 unspecified atom stereocenters. The average Bonchev–Trinajstić information content (AvgIpc) is 2.78. The molecule has 0 aliphatic rings. The molecule has 2 aromatic rings. The van der Waals surface area contributed by atoms with E-state index in [-0.39, 0.29) is 6.04 Å². The maximum Gasteiger partial charge on any atom is 0.123 e. The second-order valence-corrected chi connectivity index (χ2v) is 5.00. The minimum Gasteiger partial charge on any atom is -0.341 e. The van der Waals surface area contributed by atoms with Crippen LogP contribution in [0, 0.1) is 0 Å². The lowest BCUT2D eigenvalue weighted by molar-refractivity contribution is 0.609. The summed E-state index contributed by atoms with van der Waals surface area (Å²) in [6.45, 7) is 2.12. The fraction of sp³-hybridized carbons (Fsp3) is 0.308. The molecule has 0 radical (unpaired) electrons. The van der Waals surface area contributed by atoms with Gasteiger partial charge < -0.3 is 10.7 Å². The van der Waals surface area contributed by atoms with E-state index in [1.807, 2.05) is 24.4 Å². The Labute approximate surface area is 110 Å². The normalized spacial score (nSPS) is 12.6. The summed E-state index contributed by atoms with van der Waals surface area (Å²) in [5, 5.41) is 0. The van der Waals surface area contributed by atoms with Crippen LogP contribution in [0.5, 0.6) is 0 Å². The quantitative estimate of drug-likeness (QED) is 0.904. The SMILES string of the molecule is CCCC(N)c1ncc(-c2cccc(Br)c2)[nH]1. The van der Waals surface area contributed by atoms with Crippen molar-refractivity contribution in [3.63, 3.8) is 0 Å². The van der Waals surface area contributed by atoms with E-state index in [4.69, 9.17) is 5.73 Å². The van der Waals surface area contributed by atoms with Crippen LogP contribution in [-0.4, -0.2) is 9.97 Å². The van der Waals surface area contributed by atoms with Gasteiger partial charge in [-0.2, -0.15) is 0 Å². The summed E-state index contributed by atoms with van der Waals surface area (Å²) in [6.07, 6.45) is 3.85. The van der Waals surface area contributed by atoms with Crippen LogP contribution < -0.4 is 5.73 Å². The van der Waals surface area contributed by atoms with Crippen molar-refractivity contribution in [1.82, 2.24) is 9.97 Å². The Balaban J connectivity index is 2.23. The summed E-state index contributed by atoms with van der Waals surface area (Å²) >= 11 is 3.46. The molecule has 1 aromatic heterocycles. The molecule has 0 aliphatic heterocycles. The highest BCUT2D eigenvalue weighted by atomic mass is 79.9. The van der Waals surface area contributed by atoms with Gasteiger partial charge >= 0.3 is 0 Å². The fourth-order valence-corrected chi connectivity index (χ4v) is 2.17. The van der Waals surface area contributed by atoms with Crippen molar-refractivity contribution in [2.24, 2.45) is 5.73 Å². The second kappa shape index (κ2) is 5.47. The number of H-pyrrole nitrogens is 1. The van der Waals surface area contributed by atoms with E-state index >= 15 is 0 Å². The Kier molecular flexibility index (Phi) is 3.97. The number of halogens is 1. The lowest BCUT2D eigenvalue weighted by Gasteiger charge is -2.05.